The van der Waals surface area contributed by atoms with Gasteiger partial charge in [0.05, 0.1) is 6.61 Å². The van der Waals surface area contributed by atoms with Gasteiger partial charge in [-0.15, -0.1) is 0 Å². The van der Waals surface area contributed by atoms with E-state index in [0.29, 0.717) is 6.61 Å². The van der Waals surface area contributed by atoms with E-state index in [9.17, 15) is 0 Å². The topological polar surface area (TPSA) is 35.0 Å². The van der Waals surface area contributed by atoms with Crippen molar-refractivity contribution in [2.75, 3.05) is 6.61 Å². The first kappa shape index (κ1) is 20.8. The maximum Gasteiger partial charge on any atom is 0.159 e. The molecule has 0 amide bonds. The molecule has 0 radical (unpaired) electrons. The van der Waals surface area contributed by atoms with E-state index in [1.807, 2.05) is 19.1 Å². The molecule has 1 atom stereocenters. The lowest BCUT2D eigenvalue weighted by atomic mass is 9.84. The minimum absolute atomic E-state index is 0.689. The molecule has 152 valence electrons. The first-order valence-corrected chi connectivity index (χ1v) is 11.4. The van der Waals surface area contributed by atoms with E-state index < -0.39 is 0 Å². The molecule has 3 heteroatoms. The van der Waals surface area contributed by atoms with Crippen molar-refractivity contribution in [3.05, 3.63) is 41.7 Å². The van der Waals surface area contributed by atoms with E-state index in [1.165, 1.54) is 69.0 Å². The van der Waals surface area contributed by atoms with E-state index >= 15 is 0 Å². The predicted octanol–water partition coefficient (Wildman–Crippen LogP) is 6.79. The third-order valence-electron chi connectivity index (χ3n) is 5.89. The molecule has 1 aliphatic carbocycles. The van der Waals surface area contributed by atoms with Gasteiger partial charge in [0.15, 0.2) is 5.82 Å². The molecule has 1 unspecified atom stereocenters. The number of aryl methyl sites for hydroxylation is 1. The molecular formula is C25H36N2O. The molecule has 0 saturated heterocycles. The summed E-state index contributed by atoms with van der Waals surface area (Å²) >= 11 is 0. The van der Waals surface area contributed by atoms with Gasteiger partial charge in [0, 0.05) is 17.5 Å². The van der Waals surface area contributed by atoms with Gasteiger partial charge < -0.3 is 4.74 Å². The van der Waals surface area contributed by atoms with E-state index in [4.69, 9.17) is 9.72 Å². The summed E-state index contributed by atoms with van der Waals surface area (Å²) < 4.78 is 5.52. The molecule has 0 N–H and O–H groups in total. The summed E-state index contributed by atoms with van der Waals surface area (Å²) in [6.45, 7) is 4.97. The molecule has 0 saturated carbocycles. The summed E-state index contributed by atoms with van der Waals surface area (Å²) in [5.41, 5.74) is 3.69. The fourth-order valence-corrected chi connectivity index (χ4v) is 4.23. The van der Waals surface area contributed by atoms with Crippen LogP contribution in [-0.4, -0.2) is 16.6 Å². The molecule has 0 bridgehead atoms. The Labute approximate surface area is 171 Å². The minimum atomic E-state index is 0.689. The standard InChI is InChI=1S/C25H36N2O/c1-3-5-6-7-8-9-10-11-20-12-17-24-22(18-20)19-26-25(27-24)21-13-15-23(16-14-21)28-4-2/h13-16,19-20H,3-12,17-18H2,1-2H3. The highest BCUT2D eigenvalue weighted by Crippen LogP contribution is 2.29. The smallest absolute Gasteiger partial charge is 0.159 e. The van der Waals surface area contributed by atoms with Crippen molar-refractivity contribution in [1.29, 1.82) is 0 Å². The van der Waals surface area contributed by atoms with Crippen LogP contribution in [0.15, 0.2) is 30.5 Å². The van der Waals surface area contributed by atoms with E-state index in [-0.39, 0.29) is 0 Å². The largest absolute Gasteiger partial charge is 0.494 e. The minimum Gasteiger partial charge on any atom is -0.494 e. The van der Waals surface area contributed by atoms with Gasteiger partial charge in [0.25, 0.3) is 0 Å². The fraction of sp³-hybridized carbons (Fsp3) is 0.600. The molecule has 0 aliphatic heterocycles. The van der Waals surface area contributed by atoms with Gasteiger partial charge >= 0.3 is 0 Å². The van der Waals surface area contributed by atoms with Crippen molar-refractivity contribution in [1.82, 2.24) is 9.97 Å². The molecule has 1 aromatic heterocycles. The molecule has 3 nitrogen and oxygen atoms in total. The quantitative estimate of drug-likeness (QED) is 0.403. The van der Waals surface area contributed by atoms with Gasteiger partial charge in [-0.1, -0.05) is 58.3 Å². The zero-order valence-electron chi connectivity index (χ0n) is 17.8. The molecule has 0 fully saturated rings. The van der Waals surface area contributed by atoms with Crippen LogP contribution in [0.25, 0.3) is 11.4 Å². The van der Waals surface area contributed by atoms with Gasteiger partial charge in [0.1, 0.15) is 5.75 Å². The monoisotopic (exact) mass is 380 g/mol. The highest BCUT2D eigenvalue weighted by atomic mass is 16.5. The number of fused-ring (bicyclic) bond motifs is 1. The number of aromatic nitrogens is 2. The zero-order chi connectivity index (χ0) is 19.6. The van der Waals surface area contributed by atoms with Crippen molar-refractivity contribution in [3.8, 4) is 17.1 Å². The Kier molecular flexibility index (Phi) is 8.32. The summed E-state index contributed by atoms with van der Waals surface area (Å²) in [6, 6.07) is 8.11. The lowest BCUT2D eigenvalue weighted by molar-refractivity contribution is 0.340. The highest BCUT2D eigenvalue weighted by Gasteiger charge is 2.20. The van der Waals surface area contributed by atoms with E-state index in [1.54, 1.807) is 0 Å². The number of nitrogens with zero attached hydrogens (tertiary/aromatic N) is 2. The van der Waals surface area contributed by atoms with Gasteiger partial charge in [-0.2, -0.15) is 0 Å². The molecule has 0 spiro atoms. The second kappa shape index (κ2) is 11.2. The maximum atomic E-state index is 5.52. The van der Waals surface area contributed by atoms with Gasteiger partial charge in [-0.05, 0) is 61.9 Å². The van der Waals surface area contributed by atoms with Crippen molar-refractivity contribution >= 4 is 0 Å². The first-order chi connectivity index (χ1) is 13.8. The van der Waals surface area contributed by atoms with Crippen LogP contribution >= 0.6 is 0 Å². The van der Waals surface area contributed by atoms with Crippen molar-refractivity contribution < 1.29 is 4.74 Å². The van der Waals surface area contributed by atoms with Crippen LogP contribution in [0.3, 0.4) is 0 Å². The molecule has 2 aromatic rings. The molecule has 28 heavy (non-hydrogen) atoms. The lowest BCUT2D eigenvalue weighted by Crippen LogP contribution is -2.16. The Bertz CT molecular complexity index is 711. The zero-order valence-corrected chi connectivity index (χ0v) is 17.8. The second-order valence-electron chi connectivity index (χ2n) is 8.14. The molecule has 3 rings (SSSR count). The third-order valence-corrected chi connectivity index (χ3v) is 5.89. The molecular weight excluding hydrogens is 344 g/mol. The first-order valence-electron chi connectivity index (χ1n) is 11.4. The van der Waals surface area contributed by atoms with Crippen LogP contribution in [0, 0.1) is 5.92 Å². The number of benzene rings is 1. The second-order valence-corrected chi connectivity index (χ2v) is 8.14. The molecule has 1 heterocycles. The molecule has 1 aliphatic rings. The average molecular weight is 381 g/mol. The Morgan fingerprint density at radius 3 is 2.46 bits per heavy atom. The van der Waals surface area contributed by atoms with Gasteiger partial charge in [0.2, 0.25) is 0 Å². The Morgan fingerprint density at radius 1 is 0.964 bits per heavy atom. The number of hydrogen-bond donors (Lipinski definition) is 0. The Hall–Kier alpha value is -1.90. The van der Waals surface area contributed by atoms with Crippen LogP contribution in [0.5, 0.6) is 5.75 Å². The van der Waals surface area contributed by atoms with Crippen molar-refractivity contribution in [2.24, 2.45) is 5.92 Å². The highest BCUT2D eigenvalue weighted by molar-refractivity contribution is 5.56. The van der Waals surface area contributed by atoms with Crippen molar-refractivity contribution in [3.63, 3.8) is 0 Å². The average Bonchev–Trinajstić information content (AvgIpc) is 2.73. The fourth-order valence-electron chi connectivity index (χ4n) is 4.23. The van der Waals surface area contributed by atoms with E-state index in [2.05, 4.69) is 30.2 Å². The molecule has 1 aromatic carbocycles. The lowest BCUT2D eigenvalue weighted by Gasteiger charge is -2.24. The number of ether oxygens (including phenoxy) is 1. The summed E-state index contributed by atoms with van der Waals surface area (Å²) in [4.78, 5) is 9.54. The van der Waals surface area contributed by atoms with Crippen LogP contribution in [0.1, 0.15) is 82.9 Å². The summed E-state index contributed by atoms with van der Waals surface area (Å²) in [5, 5.41) is 0. The predicted molar refractivity (Wildman–Crippen MR) is 117 cm³/mol. The summed E-state index contributed by atoms with van der Waals surface area (Å²) in [7, 11) is 0. The van der Waals surface area contributed by atoms with Crippen LogP contribution in [-0.2, 0) is 12.8 Å². The third kappa shape index (κ3) is 6.05. The van der Waals surface area contributed by atoms with Gasteiger partial charge in [-0.3, -0.25) is 0 Å². The van der Waals surface area contributed by atoms with E-state index in [0.717, 1.165) is 35.9 Å². The SMILES string of the molecule is CCCCCCCCCC1CCc2nc(-c3ccc(OCC)cc3)ncc2C1. The summed E-state index contributed by atoms with van der Waals surface area (Å²) in [6.07, 6.45) is 16.8. The Balaban J connectivity index is 1.48. The van der Waals surface area contributed by atoms with Gasteiger partial charge in [-0.25, -0.2) is 9.97 Å². The van der Waals surface area contributed by atoms with Crippen LogP contribution in [0.2, 0.25) is 0 Å². The maximum absolute atomic E-state index is 5.52. The summed E-state index contributed by atoms with van der Waals surface area (Å²) in [5.74, 6) is 2.56. The number of unbranched alkanes of at least 4 members (excludes halogenated alkanes) is 6. The number of rotatable bonds is 11. The Morgan fingerprint density at radius 2 is 1.71 bits per heavy atom. The van der Waals surface area contributed by atoms with Crippen molar-refractivity contribution in [2.45, 2.75) is 84.5 Å². The normalized spacial score (nSPS) is 16.0. The van der Waals surface area contributed by atoms with Crippen LogP contribution < -0.4 is 4.74 Å². The number of hydrogen-bond acceptors (Lipinski definition) is 3. The van der Waals surface area contributed by atoms with Crippen LogP contribution in [0.4, 0.5) is 0 Å².